The molecule has 1 aliphatic heterocycles. The molecular weight excluding hydrogens is 278 g/mol. The molecule has 0 bridgehead atoms. The first-order valence-corrected chi connectivity index (χ1v) is 7.41. The molecule has 0 spiro atoms. The average Bonchev–Trinajstić information content (AvgIpc) is 3.16. The first kappa shape index (κ1) is 14.4. The van der Waals surface area contributed by atoms with Crippen LogP contribution in [0.5, 0.6) is 0 Å². The van der Waals surface area contributed by atoms with Crippen LogP contribution in [0.2, 0.25) is 0 Å². The smallest absolute Gasteiger partial charge is 0.246 e. The second kappa shape index (κ2) is 6.51. The molecule has 1 amide bonds. The first-order valence-electron chi connectivity index (χ1n) is 7.41. The second-order valence-electron chi connectivity index (χ2n) is 5.63. The van der Waals surface area contributed by atoms with Crippen molar-refractivity contribution in [3.8, 4) is 0 Å². The Kier molecular flexibility index (Phi) is 4.27. The molecule has 1 saturated heterocycles. The molecule has 2 aromatic rings. The summed E-state index contributed by atoms with van der Waals surface area (Å²) < 4.78 is 1.82. The highest BCUT2D eigenvalue weighted by atomic mass is 16.2. The number of aryl methyl sites for hydroxylation is 1. The molecule has 0 aromatic carbocycles. The average molecular weight is 297 g/mol. The highest BCUT2D eigenvalue weighted by molar-refractivity contribution is 5.91. The number of hydrogen-bond acceptors (Lipinski definition) is 4. The van der Waals surface area contributed by atoms with Gasteiger partial charge in [-0.3, -0.25) is 9.48 Å². The molecule has 2 aromatic heterocycles. The largest absolute Gasteiger partial charge is 0.339 e. The predicted molar refractivity (Wildman–Crippen MR) is 82.7 cm³/mol. The zero-order valence-electron chi connectivity index (χ0n) is 12.6. The van der Waals surface area contributed by atoms with Crippen molar-refractivity contribution in [2.45, 2.75) is 12.8 Å². The van der Waals surface area contributed by atoms with Gasteiger partial charge in [0.05, 0.1) is 11.9 Å². The van der Waals surface area contributed by atoms with Crippen molar-refractivity contribution < 1.29 is 4.79 Å². The number of carbonyl (C=O) groups excluding carboxylic acids is 1. The van der Waals surface area contributed by atoms with E-state index >= 15 is 0 Å². The van der Waals surface area contributed by atoms with Gasteiger partial charge < -0.3 is 4.90 Å². The van der Waals surface area contributed by atoms with Gasteiger partial charge in [0.2, 0.25) is 5.91 Å². The van der Waals surface area contributed by atoms with Gasteiger partial charge in [0, 0.05) is 38.6 Å². The third kappa shape index (κ3) is 3.58. The van der Waals surface area contributed by atoms with E-state index in [0.717, 1.165) is 31.6 Å². The van der Waals surface area contributed by atoms with Gasteiger partial charge in [-0.25, -0.2) is 9.97 Å². The van der Waals surface area contributed by atoms with E-state index in [2.05, 4.69) is 15.1 Å². The lowest BCUT2D eigenvalue weighted by molar-refractivity contribution is -0.125. The Hall–Kier alpha value is -2.50. The zero-order chi connectivity index (χ0) is 15.4. The Bertz CT molecular complexity index is 664. The van der Waals surface area contributed by atoms with Gasteiger partial charge in [-0.05, 0) is 36.5 Å². The lowest BCUT2D eigenvalue weighted by Gasteiger charge is -2.14. The number of rotatable bonds is 4. The second-order valence-corrected chi connectivity index (χ2v) is 5.63. The Morgan fingerprint density at radius 1 is 1.50 bits per heavy atom. The molecule has 114 valence electrons. The Morgan fingerprint density at radius 3 is 3.14 bits per heavy atom. The van der Waals surface area contributed by atoms with Crippen molar-refractivity contribution in [2.75, 3.05) is 13.1 Å². The van der Waals surface area contributed by atoms with Crippen molar-refractivity contribution in [1.29, 1.82) is 0 Å². The van der Waals surface area contributed by atoms with Crippen LogP contribution in [0.25, 0.3) is 6.08 Å². The van der Waals surface area contributed by atoms with E-state index in [0.29, 0.717) is 5.92 Å². The fourth-order valence-electron chi connectivity index (χ4n) is 2.77. The van der Waals surface area contributed by atoms with Crippen LogP contribution in [-0.4, -0.2) is 43.6 Å². The van der Waals surface area contributed by atoms with E-state index in [-0.39, 0.29) is 5.91 Å². The molecule has 1 aliphatic rings. The molecule has 1 unspecified atom stereocenters. The third-order valence-corrected chi connectivity index (χ3v) is 3.88. The van der Waals surface area contributed by atoms with Crippen LogP contribution < -0.4 is 0 Å². The van der Waals surface area contributed by atoms with E-state index in [1.54, 1.807) is 24.4 Å². The number of aromatic nitrogens is 4. The lowest BCUT2D eigenvalue weighted by atomic mass is 10.0. The number of likely N-dealkylation sites (tertiary alicyclic amines) is 1. The fourth-order valence-corrected chi connectivity index (χ4v) is 2.77. The highest BCUT2D eigenvalue weighted by Crippen LogP contribution is 2.21. The molecule has 22 heavy (non-hydrogen) atoms. The van der Waals surface area contributed by atoms with E-state index in [4.69, 9.17) is 0 Å². The quantitative estimate of drug-likeness (QED) is 0.798. The monoisotopic (exact) mass is 297 g/mol. The van der Waals surface area contributed by atoms with Crippen LogP contribution in [-0.2, 0) is 18.3 Å². The van der Waals surface area contributed by atoms with Gasteiger partial charge >= 0.3 is 0 Å². The van der Waals surface area contributed by atoms with Crippen molar-refractivity contribution in [3.63, 3.8) is 0 Å². The minimum Gasteiger partial charge on any atom is -0.339 e. The van der Waals surface area contributed by atoms with Crippen molar-refractivity contribution >= 4 is 12.0 Å². The summed E-state index contributed by atoms with van der Waals surface area (Å²) in [5, 5.41) is 4.19. The van der Waals surface area contributed by atoms with Crippen LogP contribution in [0, 0.1) is 5.92 Å². The fraction of sp³-hybridized carbons (Fsp3) is 0.375. The van der Waals surface area contributed by atoms with Crippen molar-refractivity contribution in [3.05, 3.63) is 48.3 Å². The Morgan fingerprint density at radius 2 is 2.41 bits per heavy atom. The molecular formula is C16H19N5O. The molecule has 0 saturated carbocycles. The molecule has 3 heterocycles. The summed E-state index contributed by atoms with van der Waals surface area (Å²) in [6.07, 6.45) is 12.4. The number of hydrogen-bond donors (Lipinski definition) is 0. The summed E-state index contributed by atoms with van der Waals surface area (Å²) in [5.41, 5.74) is 1.98. The Labute approximate surface area is 129 Å². The van der Waals surface area contributed by atoms with Gasteiger partial charge in [-0.1, -0.05) is 0 Å². The van der Waals surface area contributed by atoms with E-state index in [9.17, 15) is 4.79 Å². The van der Waals surface area contributed by atoms with Crippen LogP contribution in [0.3, 0.4) is 0 Å². The predicted octanol–water partition coefficient (Wildman–Crippen LogP) is 1.31. The molecule has 1 atom stereocenters. The normalized spacial score (nSPS) is 18.2. The first-order chi connectivity index (χ1) is 10.7. The Balaban J connectivity index is 1.53. The van der Waals surface area contributed by atoms with Gasteiger partial charge in [0.1, 0.15) is 6.33 Å². The van der Waals surface area contributed by atoms with Crippen LogP contribution in [0.1, 0.15) is 17.7 Å². The van der Waals surface area contributed by atoms with E-state index in [1.165, 1.54) is 11.9 Å². The molecule has 1 fully saturated rings. The number of nitrogens with zero attached hydrogens (tertiary/aromatic N) is 5. The SMILES string of the molecule is Cn1cc(CC2CCN(C(=O)/C=C/c3ccncn3)C2)cn1. The highest BCUT2D eigenvalue weighted by Gasteiger charge is 2.25. The summed E-state index contributed by atoms with van der Waals surface area (Å²) in [5.74, 6) is 0.563. The topological polar surface area (TPSA) is 63.9 Å². The standard InChI is InChI=1S/C16H19N5O/c1-20-10-14(9-19-20)8-13-5-7-21(11-13)16(22)3-2-15-4-6-17-12-18-15/h2-4,6,9-10,12-13H,5,7-8,11H2,1H3/b3-2+. The van der Waals surface area contributed by atoms with Crippen LogP contribution >= 0.6 is 0 Å². The summed E-state index contributed by atoms with van der Waals surface area (Å²) in [6.45, 7) is 1.62. The molecule has 6 nitrogen and oxygen atoms in total. The van der Waals surface area contributed by atoms with E-state index in [1.807, 2.05) is 29.0 Å². The summed E-state index contributed by atoms with van der Waals surface area (Å²) in [4.78, 5) is 22.0. The maximum atomic E-state index is 12.2. The van der Waals surface area contributed by atoms with Crippen molar-refractivity contribution in [1.82, 2.24) is 24.6 Å². The number of amides is 1. The molecule has 6 heteroatoms. The molecule has 3 rings (SSSR count). The van der Waals surface area contributed by atoms with Gasteiger partial charge in [0.25, 0.3) is 0 Å². The molecule has 0 N–H and O–H groups in total. The minimum absolute atomic E-state index is 0.0484. The maximum absolute atomic E-state index is 12.2. The molecule has 0 radical (unpaired) electrons. The minimum atomic E-state index is 0.0484. The van der Waals surface area contributed by atoms with Crippen LogP contribution in [0.4, 0.5) is 0 Å². The summed E-state index contributed by atoms with van der Waals surface area (Å²) in [6, 6.07) is 1.78. The van der Waals surface area contributed by atoms with Gasteiger partial charge in [0.15, 0.2) is 0 Å². The summed E-state index contributed by atoms with van der Waals surface area (Å²) >= 11 is 0. The molecule has 0 aliphatic carbocycles. The van der Waals surface area contributed by atoms with Gasteiger partial charge in [-0.2, -0.15) is 5.10 Å². The summed E-state index contributed by atoms with van der Waals surface area (Å²) in [7, 11) is 1.92. The lowest BCUT2D eigenvalue weighted by Crippen LogP contribution is -2.27. The zero-order valence-corrected chi connectivity index (χ0v) is 12.6. The van der Waals surface area contributed by atoms with Gasteiger partial charge in [-0.15, -0.1) is 0 Å². The number of carbonyl (C=O) groups is 1. The maximum Gasteiger partial charge on any atom is 0.246 e. The van der Waals surface area contributed by atoms with Crippen LogP contribution in [0.15, 0.2) is 37.1 Å². The van der Waals surface area contributed by atoms with E-state index < -0.39 is 0 Å². The van der Waals surface area contributed by atoms with Crippen molar-refractivity contribution in [2.24, 2.45) is 13.0 Å². The third-order valence-electron chi connectivity index (χ3n) is 3.88.